The van der Waals surface area contributed by atoms with Gasteiger partial charge in [-0.25, -0.2) is 0 Å². The van der Waals surface area contributed by atoms with E-state index in [-0.39, 0.29) is 23.8 Å². The Labute approximate surface area is 143 Å². The second kappa shape index (κ2) is 6.93. The van der Waals surface area contributed by atoms with Crippen molar-refractivity contribution in [1.82, 2.24) is 4.90 Å². The second-order valence-corrected chi connectivity index (χ2v) is 7.29. The lowest BCUT2D eigenvalue weighted by Crippen LogP contribution is -2.47. The van der Waals surface area contributed by atoms with Crippen molar-refractivity contribution in [2.45, 2.75) is 39.2 Å². The van der Waals surface area contributed by atoms with Crippen molar-refractivity contribution >= 4 is 17.5 Å². The topological polar surface area (TPSA) is 66.6 Å². The van der Waals surface area contributed by atoms with E-state index in [9.17, 15) is 9.59 Å². The largest absolute Gasteiger partial charge is 0.342 e. The van der Waals surface area contributed by atoms with Crippen LogP contribution in [0.25, 0.3) is 0 Å². The average Bonchev–Trinajstić information content (AvgIpc) is 2.97. The van der Waals surface area contributed by atoms with Crippen LogP contribution < -0.4 is 10.6 Å². The molecular formula is C19H27N3O2. The molecule has 3 atom stereocenters. The Morgan fingerprint density at radius 2 is 1.96 bits per heavy atom. The summed E-state index contributed by atoms with van der Waals surface area (Å²) in [5.74, 6) is 0.292. The lowest BCUT2D eigenvalue weighted by Gasteiger charge is -2.35. The number of amides is 2. The summed E-state index contributed by atoms with van der Waals surface area (Å²) in [6.45, 7) is 6.03. The quantitative estimate of drug-likeness (QED) is 0.921. The Hall–Kier alpha value is -1.88. The van der Waals surface area contributed by atoms with Crippen LogP contribution in [0.5, 0.6) is 0 Å². The van der Waals surface area contributed by atoms with Crippen LogP contribution in [-0.2, 0) is 9.59 Å². The molecule has 0 bridgehead atoms. The van der Waals surface area contributed by atoms with Gasteiger partial charge in [-0.15, -0.1) is 0 Å². The number of hydrogen-bond donors (Lipinski definition) is 1. The molecule has 2 N–H and O–H groups in total. The molecule has 3 unspecified atom stereocenters. The fourth-order valence-electron chi connectivity index (χ4n) is 3.74. The van der Waals surface area contributed by atoms with E-state index in [0.29, 0.717) is 18.9 Å². The van der Waals surface area contributed by atoms with Crippen LogP contribution in [0, 0.1) is 18.8 Å². The fourth-order valence-corrected chi connectivity index (χ4v) is 3.74. The normalized spacial score (nSPS) is 25.9. The van der Waals surface area contributed by atoms with Gasteiger partial charge < -0.3 is 15.5 Å². The molecule has 0 saturated carbocycles. The van der Waals surface area contributed by atoms with Gasteiger partial charge in [0.1, 0.15) is 0 Å². The number of anilines is 1. The number of nitrogens with zero attached hydrogens (tertiary/aromatic N) is 2. The molecule has 3 rings (SSSR count). The van der Waals surface area contributed by atoms with Crippen LogP contribution in [0.3, 0.4) is 0 Å². The Bertz CT molecular complexity index is 612. The molecule has 2 aliphatic rings. The fraction of sp³-hybridized carbons (Fsp3) is 0.579. The Kier molecular flexibility index (Phi) is 4.90. The highest BCUT2D eigenvalue weighted by molar-refractivity contribution is 6.00. The third-order valence-corrected chi connectivity index (χ3v) is 5.33. The molecule has 0 aliphatic carbocycles. The first-order valence-electron chi connectivity index (χ1n) is 8.87. The number of carbonyl (C=O) groups excluding carboxylic acids is 2. The Morgan fingerprint density at radius 3 is 2.62 bits per heavy atom. The minimum atomic E-state index is -0.231. The maximum Gasteiger partial charge on any atom is 0.228 e. The zero-order chi connectivity index (χ0) is 17.3. The number of nitrogens with two attached hydrogens (primary N) is 1. The molecule has 24 heavy (non-hydrogen) atoms. The van der Waals surface area contributed by atoms with Crippen molar-refractivity contribution in [3.8, 4) is 0 Å². The maximum atomic E-state index is 12.9. The van der Waals surface area contributed by atoms with Crippen LogP contribution >= 0.6 is 0 Å². The number of hydrogen-bond acceptors (Lipinski definition) is 3. The molecule has 5 nitrogen and oxygen atoms in total. The number of carbonyl (C=O) groups is 2. The lowest BCUT2D eigenvalue weighted by molar-refractivity contribution is -0.137. The zero-order valence-corrected chi connectivity index (χ0v) is 14.6. The first kappa shape index (κ1) is 17.0. The first-order valence-corrected chi connectivity index (χ1v) is 8.87. The molecule has 2 amide bonds. The highest BCUT2D eigenvalue weighted by Crippen LogP contribution is 2.28. The Morgan fingerprint density at radius 1 is 1.25 bits per heavy atom. The van der Waals surface area contributed by atoms with Crippen LogP contribution in [0.15, 0.2) is 24.3 Å². The molecule has 2 heterocycles. The summed E-state index contributed by atoms with van der Waals surface area (Å²) in [5.41, 5.74) is 8.06. The minimum Gasteiger partial charge on any atom is -0.342 e. The summed E-state index contributed by atoms with van der Waals surface area (Å²) in [5, 5.41) is 0. The van der Waals surface area contributed by atoms with Crippen molar-refractivity contribution in [2.24, 2.45) is 17.6 Å². The summed E-state index contributed by atoms with van der Waals surface area (Å²) < 4.78 is 0. The van der Waals surface area contributed by atoms with Gasteiger partial charge in [0.15, 0.2) is 0 Å². The Balaban J connectivity index is 1.66. The smallest absolute Gasteiger partial charge is 0.228 e. The average molecular weight is 329 g/mol. The van der Waals surface area contributed by atoms with E-state index < -0.39 is 0 Å². The van der Waals surface area contributed by atoms with Crippen LogP contribution in [0.4, 0.5) is 5.69 Å². The van der Waals surface area contributed by atoms with Crippen molar-refractivity contribution in [2.75, 3.05) is 24.5 Å². The van der Waals surface area contributed by atoms with Gasteiger partial charge >= 0.3 is 0 Å². The van der Waals surface area contributed by atoms with E-state index in [1.807, 2.05) is 43.0 Å². The standard InChI is InChI=1S/C19H27N3O2/c1-13-5-7-17(8-6-13)22-12-16(10-18(22)23)19(24)21-9-3-4-15(11-21)14(2)20/h5-8,14-16H,3-4,9-12,20H2,1-2H3. The van der Waals surface area contributed by atoms with Gasteiger partial charge in [-0.3, -0.25) is 9.59 Å². The molecule has 2 saturated heterocycles. The molecule has 2 fully saturated rings. The van der Waals surface area contributed by atoms with Gasteiger partial charge in [0.2, 0.25) is 11.8 Å². The van der Waals surface area contributed by atoms with E-state index in [4.69, 9.17) is 5.73 Å². The van der Waals surface area contributed by atoms with E-state index in [1.54, 1.807) is 4.90 Å². The van der Waals surface area contributed by atoms with Gasteiger partial charge in [-0.2, -0.15) is 0 Å². The molecule has 1 aromatic rings. The summed E-state index contributed by atoms with van der Waals surface area (Å²) in [6, 6.07) is 8.00. The second-order valence-electron chi connectivity index (χ2n) is 7.29. The molecule has 0 spiro atoms. The third-order valence-electron chi connectivity index (χ3n) is 5.33. The first-order chi connectivity index (χ1) is 11.5. The highest BCUT2D eigenvalue weighted by Gasteiger charge is 2.38. The van der Waals surface area contributed by atoms with Crippen LogP contribution in [0.1, 0.15) is 31.7 Å². The lowest BCUT2D eigenvalue weighted by atomic mass is 9.91. The third kappa shape index (κ3) is 3.46. The van der Waals surface area contributed by atoms with E-state index in [0.717, 1.165) is 37.2 Å². The summed E-state index contributed by atoms with van der Waals surface area (Å²) in [4.78, 5) is 28.9. The van der Waals surface area contributed by atoms with Gasteiger partial charge in [0.25, 0.3) is 0 Å². The monoisotopic (exact) mass is 329 g/mol. The van der Waals surface area contributed by atoms with Crippen LogP contribution in [0.2, 0.25) is 0 Å². The number of rotatable bonds is 3. The zero-order valence-electron chi connectivity index (χ0n) is 14.6. The summed E-state index contributed by atoms with van der Waals surface area (Å²) in [7, 11) is 0. The van der Waals surface area contributed by atoms with Crippen molar-refractivity contribution in [3.05, 3.63) is 29.8 Å². The van der Waals surface area contributed by atoms with Crippen molar-refractivity contribution in [3.63, 3.8) is 0 Å². The molecule has 130 valence electrons. The minimum absolute atomic E-state index is 0.0398. The van der Waals surface area contributed by atoms with Crippen LogP contribution in [-0.4, -0.2) is 42.4 Å². The maximum absolute atomic E-state index is 12.9. The summed E-state index contributed by atoms with van der Waals surface area (Å²) >= 11 is 0. The van der Waals surface area contributed by atoms with E-state index in [2.05, 4.69) is 0 Å². The molecule has 1 aromatic carbocycles. The predicted molar refractivity (Wildman–Crippen MR) is 94.6 cm³/mol. The molecule has 2 aliphatic heterocycles. The van der Waals surface area contributed by atoms with Gasteiger partial charge in [-0.05, 0) is 44.7 Å². The number of piperidine rings is 1. The molecule has 0 radical (unpaired) electrons. The number of aryl methyl sites for hydroxylation is 1. The molecule has 0 aromatic heterocycles. The number of likely N-dealkylation sites (tertiary alicyclic amines) is 1. The van der Waals surface area contributed by atoms with Gasteiger partial charge in [-0.1, -0.05) is 17.7 Å². The van der Waals surface area contributed by atoms with Crippen molar-refractivity contribution in [1.29, 1.82) is 0 Å². The molecule has 5 heteroatoms. The predicted octanol–water partition coefficient (Wildman–Crippen LogP) is 1.93. The van der Waals surface area contributed by atoms with E-state index in [1.165, 1.54) is 0 Å². The SMILES string of the molecule is Cc1ccc(N2CC(C(=O)N3CCCC(C(C)N)C3)CC2=O)cc1. The van der Waals surface area contributed by atoms with Gasteiger partial charge in [0.05, 0.1) is 5.92 Å². The van der Waals surface area contributed by atoms with Crippen molar-refractivity contribution < 1.29 is 9.59 Å². The van der Waals surface area contributed by atoms with Gasteiger partial charge in [0, 0.05) is 37.8 Å². The molecular weight excluding hydrogens is 302 g/mol. The van der Waals surface area contributed by atoms with E-state index >= 15 is 0 Å². The number of benzene rings is 1. The summed E-state index contributed by atoms with van der Waals surface area (Å²) in [6.07, 6.45) is 2.40. The highest BCUT2D eigenvalue weighted by atomic mass is 16.2.